The molecule has 1 aliphatic heterocycles. The molecule has 0 aliphatic carbocycles. The molecule has 0 bridgehead atoms. The molecule has 2 heterocycles. The monoisotopic (exact) mass is 347 g/mol. The molecule has 1 aromatic heterocycles. The smallest absolute Gasteiger partial charge is 0.254 e. The molecular formula is C16H18BrN3O. The average Bonchev–Trinajstić information content (AvgIpc) is 2.46. The Morgan fingerprint density at radius 1 is 1.43 bits per heavy atom. The van der Waals surface area contributed by atoms with Gasteiger partial charge in [0, 0.05) is 34.7 Å². The molecule has 3 rings (SSSR count). The summed E-state index contributed by atoms with van der Waals surface area (Å²) in [7, 11) is 0. The zero-order chi connectivity index (χ0) is 15.0. The maximum absolute atomic E-state index is 12.9. The van der Waals surface area contributed by atoms with E-state index in [1.54, 1.807) is 0 Å². The van der Waals surface area contributed by atoms with Crippen molar-refractivity contribution in [3.8, 4) is 0 Å². The second-order valence-corrected chi connectivity index (χ2v) is 6.54. The number of nitrogens with zero attached hydrogens (tertiary/aromatic N) is 2. The van der Waals surface area contributed by atoms with E-state index in [-0.39, 0.29) is 11.9 Å². The minimum atomic E-state index is 0.0544. The van der Waals surface area contributed by atoms with Crippen molar-refractivity contribution in [2.75, 3.05) is 13.1 Å². The van der Waals surface area contributed by atoms with E-state index in [4.69, 9.17) is 5.73 Å². The van der Waals surface area contributed by atoms with Crippen LogP contribution in [-0.2, 0) is 0 Å². The largest absolute Gasteiger partial charge is 0.337 e. The molecule has 21 heavy (non-hydrogen) atoms. The van der Waals surface area contributed by atoms with Gasteiger partial charge in [0.1, 0.15) is 0 Å². The van der Waals surface area contributed by atoms with Gasteiger partial charge in [-0.3, -0.25) is 9.78 Å². The lowest BCUT2D eigenvalue weighted by Gasteiger charge is -2.31. The Bertz CT molecular complexity index is 701. The van der Waals surface area contributed by atoms with Crippen molar-refractivity contribution < 1.29 is 4.79 Å². The molecule has 2 N–H and O–H groups in total. The van der Waals surface area contributed by atoms with Crippen molar-refractivity contribution in [1.29, 1.82) is 0 Å². The zero-order valence-corrected chi connectivity index (χ0v) is 13.6. The Kier molecular flexibility index (Phi) is 3.95. The van der Waals surface area contributed by atoms with Crippen molar-refractivity contribution in [2.24, 2.45) is 5.73 Å². The average molecular weight is 348 g/mol. The molecule has 1 aromatic carbocycles. The second-order valence-electron chi connectivity index (χ2n) is 5.63. The van der Waals surface area contributed by atoms with Gasteiger partial charge in [-0.1, -0.05) is 15.9 Å². The quantitative estimate of drug-likeness (QED) is 0.862. The maximum Gasteiger partial charge on any atom is 0.254 e. The van der Waals surface area contributed by atoms with Crippen LogP contribution in [0.2, 0.25) is 0 Å². The standard InChI is InChI=1S/C16H18BrN3O/c1-10-7-14(13-8-11(17)4-5-15(13)19-10)16(21)20-6-2-3-12(18)9-20/h4-5,7-8,12H,2-3,6,9,18H2,1H3/t12-/m0/s1. The van der Waals surface area contributed by atoms with E-state index in [1.165, 1.54) is 0 Å². The Morgan fingerprint density at radius 2 is 2.24 bits per heavy atom. The van der Waals surface area contributed by atoms with Crippen LogP contribution < -0.4 is 5.73 Å². The number of rotatable bonds is 1. The van der Waals surface area contributed by atoms with Gasteiger partial charge in [-0.15, -0.1) is 0 Å². The van der Waals surface area contributed by atoms with E-state index in [0.29, 0.717) is 12.1 Å². The molecule has 0 radical (unpaired) electrons. The summed E-state index contributed by atoms with van der Waals surface area (Å²) in [5, 5.41) is 0.888. The molecule has 0 spiro atoms. The van der Waals surface area contributed by atoms with Gasteiger partial charge in [0.05, 0.1) is 11.1 Å². The van der Waals surface area contributed by atoms with E-state index in [9.17, 15) is 4.79 Å². The summed E-state index contributed by atoms with van der Waals surface area (Å²) in [4.78, 5) is 19.2. The predicted octanol–water partition coefficient (Wildman–Crippen LogP) is 2.87. The van der Waals surface area contributed by atoms with Crippen LogP contribution in [0.3, 0.4) is 0 Å². The molecule has 1 fully saturated rings. The van der Waals surface area contributed by atoms with Gasteiger partial charge in [-0.2, -0.15) is 0 Å². The number of amides is 1. The third kappa shape index (κ3) is 2.94. The van der Waals surface area contributed by atoms with Crippen molar-refractivity contribution in [3.63, 3.8) is 0 Å². The van der Waals surface area contributed by atoms with Crippen LogP contribution in [0, 0.1) is 6.92 Å². The number of pyridine rings is 1. The number of aryl methyl sites for hydroxylation is 1. The van der Waals surface area contributed by atoms with Crippen molar-refractivity contribution in [3.05, 3.63) is 40.0 Å². The van der Waals surface area contributed by atoms with Crippen LogP contribution in [0.4, 0.5) is 0 Å². The van der Waals surface area contributed by atoms with Gasteiger partial charge < -0.3 is 10.6 Å². The minimum absolute atomic E-state index is 0.0544. The molecule has 1 amide bonds. The number of piperidine rings is 1. The van der Waals surface area contributed by atoms with Gasteiger partial charge in [0.15, 0.2) is 0 Å². The number of hydrogen-bond acceptors (Lipinski definition) is 3. The minimum Gasteiger partial charge on any atom is -0.337 e. The molecule has 0 saturated carbocycles. The fourth-order valence-electron chi connectivity index (χ4n) is 2.87. The summed E-state index contributed by atoms with van der Waals surface area (Å²) in [6.07, 6.45) is 1.96. The first-order valence-corrected chi connectivity index (χ1v) is 7.95. The maximum atomic E-state index is 12.9. The summed E-state index contributed by atoms with van der Waals surface area (Å²) in [6, 6.07) is 7.80. The van der Waals surface area contributed by atoms with Crippen molar-refractivity contribution in [1.82, 2.24) is 9.88 Å². The van der Waals surface area contributed by atoms with Gasteiger partial charge in [-0.25, -0.2) is 0 Å². The van der Waals surface area contributed by atoms with Crippen molar-refractivity contribution >= 4 is 32.7 Å². The van der Waals surface area contributed by atoms with E-state index < -0.39 is 0 Å². The third-order valence-corrected chi connectivity index (χ3v) is 4.37. The van der Waals surface area contributed by atoms with Crippen LogP contribution in [0.5, 0.6) is 0 Å². The van der Waals surface area contributed by atoms with Gasteiger partial charge in [0.25, 0.3) is 5.91 Å². The van der Waals surface area contributed by atoms with E-state index in [0.717, 1.165) is 40.5 Å². The Morgan fingerprint density at radius 3 is 3.00 bits per heavy atom. The van der Waals surface area contributed by atoms with Crippen molar-refractivity contribution in [2.45, 2.75) is 25.8 Å². The SMILES string of the molecule is Cc1cc(C(=O)N2CCC[C@H](N)C2)c2cc(Br)ccc2n1. The highest BCUT2D eigenvalue weighted by Gasteiger charge is 2.24. The lowest BCUT2D eigenvalue weighted by atomic mass is 10.0. The van der Waals surface area contributed by atoms with Crippen LogP contribution >= 0.6 is 15.9 Å². The Hall–Kier alpha value is -1.46. The first-order valence-electron chi connectivity index (χ1n) is 7.16. The molecule has 1 atom stereocenters. The van der Waals surface area contributed by atoms with E-state index in [2.05, 4.69) is 20.9 Å². The number of carbonyl (C=O) groups excluding carboxylic acids is 1. The number of nitrogens with two attached hydrogens (primary N) is 1. The van der Waals surface area contributed by atoms with Crippen LogP contribution in [0.25, 0.3) is 10.9 Å². The fraction of sp³-hybridized carbons (Fsp3) is 0.375. The lowest BCUT2D eigenvalue weighted by Crippen LogP contribution is -2.45. The predicted molar refractivity (Wildman–Crippen MR) is 87.3 cm³/mol. The Balaban J connectivity index is 2.06. The van der Waals surface area contributed by atoms with Crippen LogP contribution in [0.15, 0.2) is 28.7 Å². The summed E-state index contributed by atoms with van der Waals surface area (Å²) in [5.74, 6) is 0.0544. The van der Waals surface area contributed by atoms with Crippen LogP contribution in [-0.4, -0.2) is 34.9 Å². The lowest BCUT2D eigenvalue weighted by molar-refractivity contribution is 0.0710. The molecule has 0 unspecified atom stereocenters. The summed E-state index contributed by atoms with van der Waals surface area (Å²) in [6.45, 7) is 3.33. The fourth-order valence-corrected chi connectivity index (χ4v) is 3.23. The normalized spacial score (nSPS) is 19.0. The number of halogens is 1. The summed E-state index contributed by atoms with van der Waals surface area (Å²) in [5.41, 5.74) is 8.42. The molecule has 5 heteroatoms. The first-order chi connectivity index (χ1) is 10.0. The van der Waals surface area contributed by atoms with Gasteiger partial charge in [-0.05, 0) is 44.0 Å². The van der Waals surface area contributed by atoms with Gasteiger partial charge in [0.2, 0.25) is 0 Å². The molecule has 1 aliphatic rings. The van der Waals surface area contributed by atoms with Gasteiger partial charge >= 0.3 is 0 Å². The van der Waals surface area contributed by atoms with Crippen LogP contribution in [0.1, 0.15) is 28.9 Å². The zero-order valence-electron chi connectivity index (χ0n) is 12.0. The summed E-state index contributed by atoms with van der Waals surface area (Å²) >= 11 is 3.47. The summed E-state index contributed by atoms with van der Waals surface area (Å²) < 4.78 is 0.949. The second kappa shape index (κ2) is 5.73. The number of fused-ring (bicyclic) bond motifs is 1. The Labute approximate surface area is 132 Å². The number of benzene rings is 1. The molecule has 1 saturated heterocycles. The van der Waals surface area contributed by atoms with E-state index >= 15 is 0 Å². The highest BCUT2D eigenvalue weighted by Crippen LogP contribution is 2.24. The highest BCUT2D eigenvalue weighted by atomic mass is 79.9. The number of likely N-dealkylation sites (tertiary alicyclic amines) is 1. The third-order valence-electron chi connectivity index (χ3n) is 3.87. The topological polar surface area (TPSA) is 59.2 Å². The molecule has 2 aromatic rings. The number of hydrogen-bond donors (Lipinski definition) is 1. The number of carbonyl (C=O) groups is 1. The number of aromatic nitrogens is 1. The molecule has 110 valence electrons. The van der Waals surface area contributed by atoms with E-state index in [1.807, 2.05) is 36.1 Å². The molecular weight excluding hydrogens is 330 g/mol. The highest BCUT2D eigenvalue weighted by molar-refractivity contribution is 9.10. The molecule has 4 nitrogen and oxygen atoms in total. The first kappa shape index (κ1) is 14.5.